The van der Waals surface area contributed by atoms with Crippen molar-refractivity contribution in [3.05, 3.63) is 23.2 Å². The number of hydrogen-bond acceptors (Lipinski definition) is 4. The summed E-state index contributed by atoms with van der Waals surface area (Å²) in [5.41, 5.74) is 0. The smallest absolute Gasteiger partial charge is 0.162 e. The second-order valence-corrected chi connectivity index (χ2v) is 3.71. The van der Waals surface area contributed by atoms with Gasteiger partial charge < -0.3 is 18.9 Å². The van der Waals surface area contributed by atoms with Crippen LogP contribution in [0.15, 0.2) is 18.2 Å². The van der Waals surface area contributed by atoms with Crippen LogP contribution in [0.4, 0.5) is 0 Å². The second-order valence-electron chi connectivity index (χ2n) is 3.27. The molecule has 1 aromatic rings. The topological polar surface area (TPSA) is 36.9 Å². The Bertz CT molecular complexity index is 330. The van der Waals surface area contributed by atoms with Crippen LogP contribution in [-0.2, 0) is 9.47 Å². The molecule has 17 heavy (non-hydrogen) atoms. The van der Waals surface area contributed by atoms with Gasteiger partial charge in [-0.3, -0.25) is 0 Å². The molecule has 0 aromatic heterocycles. The number of methoxy groups -OCH3 is 2. The van der Waals surface area contributed by atoms with Gasteiger partial charge in [-0.2, -0.15) is 0 Å². The largest absolute Gasteiger partial charge is 0.487 e. The Morgan fingerprint density at radius 1 is 0.882 bits per heavy atom. The lowest BCUT2D eigenvalue weighted by Crippen LogP contribution is -2.08. The Kier molecular flexibility index (Phi) is 6.77. The first-order chi connectivity index (χ1) is 8.27. The lowest BCUT2D eigenvalue weighted by Gasteiger charge is -2.12. The van der Waals surface area contributed by atoms with Crippen molar-refractivity contribution >= 4 is 11.6 Å². The van der Waals surface area contributed by atoms with E-state index >= 15 is 0 Å². The van der Waals surface area contributed by atoms with Crippen molar-refractivity contribution in [2.75, 3.05) is 40.6 Å². The van der Waals surface area contributed by atoms with Gasteiger partial charge in [0.05, 0.1) is 13.2 Å². The van der Waals surface area contributed by atoms with Crippen molar-refractivity contribution in [1.29, 1.82) is 0 Å². The number of ether oxygens (including phenoxy) is 4. The lowest BCUT2D eigenvalue weighted by molar-refractivity contribution is 0.132. The lowest BCUT2D eigenvalue weighted by atomic mass is 10.3. The summed E-state index contributed by atoms with van der Waals surface area (Å²) in [4.78, 5) is 0. The number of halogens is 1. The summed E-state index contributed by atoms with van der Waals surface area (Å²) in [6, 6.07) is 5.26. The minimum absolute atomic E-state index is 0.456. The summed E-state index contributed by atoms with van der Waals surface area (Å²) in [7, 11) is 3.25. The molecule has 0 aliphatic heterocycles. The van der Waals surface area contributed by atoms with Crippen LogP contribution in [0.2, 0.25) is 5.02 Å². The highest BCUT2D eigenvalue weighted by molar-refractivity contribution is 6.30. The second kappa shape index (κ2) is 8.17. The van der Waals surface area contributed by atoms with Crippen molar-refractivity contribution < 1.29 is 18.9 Å². The monoisotopic (exact) mass is 260 g/mol. The van der Waals surface area contributed by atoms with Gasteiger partial charge in [-0.25, -0.2) is 0 Å². The van der Waals surface area contributed by atoms with E-state index in [-0.39, 0.29) is 0 Å². The molecule has 0 unspecified atom stereocenters. The van der Waals surface area contributed by atoms with E-state index in [0.29, 0.717) is 42.9 Å². The fourth-order valence-corrected chi connectivity index (χ4v) is 1.35. The Hall–Kier alpha value is -0.970. The minimum atomic E-state index is 0.456. The van der Waals surface area contributed by atoms with E-state index in [0.717, 1.165) is 0 Å². The fourth-order valence-electron chi connectivity index (χ4n) is 1.18. The quantitative estimate of drug-likeness (QED) is 0.673. The van der Waals surface area contributed by atoms with E-state index in [2.05, 4.69) is 0 Å². The number of hydrogen-bond donors (Lipinski definition) is 0. The van der Waals surface area contributed by atoms with Gasteiger partial charge in [0.1, 0.15) is 13.2 Å². The predicted octanol–water partition coefficient (Wildman–Crippen LogP) is 2.39. The Morgan fingerprint density at radius 3 is 2.06 bits per heavy atom. The van der Waals surface area contributed by atoms with Crippen LogP contribution < -0.4 is 9.47 Å². The van der Waals surface area contributed by atoms with Crippen molar-refractivity contribution in [1.82, 2.24) is 0 Å². The van der Waals surface area contributed by atoms with Gasteiger partial charge in [0.25, 0.3) is 0 Å². The third-order valence-corrected chi connectivity index (χ3v) is 2.23. The zero-order chi connectivity index (χ0) is 12.5. The molecule has 0 heterocycles. The van der Waals surface area contributed by atoms with Crippen LogP contribution in [0.5, 0.6) is 11.5 Å². The summed E-state index contributed by atoms with van der Waals surface area (Å²) in [6.45, 7) is 1.97. The van der Waals surface area contributed by atoms with Crippen molar-refractivity contribution in [2.24, 2.45) is 0 Å². The van der Waals surface area contributed by atoms with E-state index in [1.165, 1.54) is 0 Å². The average molecular weight is 261 g/mol. The highest BCUT2D eigenvalue weighted by Crippen LogP contribution is 2.30. The highest BCUT2D eigenvalue weighted by Gasteiger charge is 2.06. The van der Waals surface area contributed by atoms with E-state index in [1.807, 2.05) is 0 Å². The van der Waals surface area contributed by atoms with E-state index < -0.39 is 0 Å². The van der Waals surface area contributed by atoms with Crippen molar-refractivity contribution in [3.63, 3.8) is 0 Å². The molecule has 0 amide bonds. The standard InChI is InChI=1S/C12H17ClO4/c1-14-5-7-16-11-4-3-10(13)9-12(11)17-8-6-15-2/h3-4,9H,5-8H2,1-2H3. The first-order valence-corrected chi connectivity index (χ1v) is 5.68. The highest BCUT2D eigenvalue weighted by atomic mass is 35.5. The van der Waals surface area contributed by atoms with Gasteiger partial charge in [-0.05, 0) is 12.1 Å². The maximum absolute atomic E-state index is 5.90. The van der Waals surface area contributed by atoms with E-state index in [9.17, 15) is 0 Å². The summed E-state index contributed by atoms with van der Waals surface area (Å²) in [5, 5.41) is 0.608. The average Bonchev–Trinajstić information content (AvgIpc) is 2.32. The SMILES string of the molecule is COCCOc1ccc(Cl)cc1OCCOC. The van der Waals surface area contributed by atoms with Crippen LogP contribution in [0, 0.1) is 0 Å². The predicted molar refractivity (Wildman–Crippen MR) is 66.2 cm³/mol. The molecule has 1 aromatic carbocycles. The number of benzene rings is 1. The maximum Gasteiger partial charge on any atom is 0.162 e. The van der Waals surface area contributed by atoms with Gasteiger partial charge in [0, 0.05) is 25.3 Å². The van der Waals surface area contributed by atoms with Gasteiger partial charge in [0.15, 0.2) is 11.5 Å². The first kappa shape index (κ1) is 14.1. The van der Waals surface area contributed by atoms with Gasteiger partial charge in [-0.1, -0.05) is 11.6 Å². The zero-order valence-electron chi connectivity index (χ0n) is 10.1. The molecule has 5 heteroatoms. The summed E-state index contributed by atoms with van der Waals surface area (Å²) in [6.07, 6.45) is 0. The molecule has 0 aliphatic rings. The molecule has 0 aliphatic carbocycles. The molecular formula is C12H17ClO4. The van der Waals surface area contributed by atoms with Gasteiger partial charge in [0.2, 0.25) is 0 Å². The summed E-state index contributed by atoms with van der Waals surface area (Å²) < 4.78 is 20.9. The maximum atomic E-state index is 5.90. The molecule has 0 atom stereocenters. The van der Waals surface area contributed by atoms with Crippen molar-refractivity contribution in [2.45, 2.75) is 0 Å². The van der Waals surface area contributed by atoms with Crippen LogP contribution in [0.25, 0.3) is 0 Å². The van der Waals surface area contributed by atoms with Gasteiger partial charge >= 0.3 is 0 Å². The molecule has 0 saturated carbocycles. The molecule has 1 rings (SSSR count). The summed E-state index contributed by atoms with van der Waals surface area (Å²) >= 11 is 5.90. The molecule has 4 nitrogen and oxygen atoms in total. The minimum Gasteiger partial charge on any atom is -0.487 e. The molecule has 0 spiro atoms. The number of rotatable bonds is 8. The van der Waals surface area contributed by atoms with Crippen LogP contribution in [-0.4, -0.2) is 40.6 Å². The molecule has 0 radical (unpaired) electrons. The van der Waals surface area contributed by atoms with Crippen LogP contribution >= 0.6 is 11.6 Å². The summed E-state index contributed by atoms with van der Waals surface area (Å²) in [5.74, 6) is 1.27. The Morgan fingerprint density at radius 2 is 1.47 bits per heavy atom. The molecular weight excluding hydrogens is 244 g/mol. The Balaban J connectivity index is 2.59. The van der Waals surface area contributed by atoms with Crippen LogP contribution in [0.1, 0.15) is 0 Å². The van der Waals surface area contributed by atoms with E-state index in [1.54, 1.807) is 32.4 Å². The Labute approximate surface area is 106 Å². The molecule has 0 N–H and O–H groups in total. The molecule has 0 fully saturated rings. The third kappa shape index (κ3) is 5.26. The molecule has 96 valence electrons. The zero-order valence-corrected chi connectivity index (χ0v) is 10.8. The van der Waals surface area contributed by atoms with Crippen molar-refractivity contribution in [3.8, 4) is 11.5 Å². The fraction of sp³-hybridized carbons (Fsp3) is 0.500. The normalized spacial score (nSPS) is 10.3. The van der Waals surface area contributed by atoms with Gasteiger partial charge in [-0.15, -0.1) is 0 Å². The molecule has 0 bridgehead atoms. The van der Waals surface area contributed by atoms with E-state index in [4.69, 9.17) is 30.5 Å². The third-order valence-electron chi connectivity index (χ3n) is 2.00. The first-order valence-electron chi connectivity index (χ1n) is 5.31. The van der Waals surface area contributed by atoms with Crippen LogP contribution in [0.3, 0.4) is 0 Å². The molecule has 0 saturated heterocycles.